The lowest BCUT2D eigenvalue weighted by molar-refractivity contribution is 0.0981. The van der Waals surface area contributed by atoms with E-state index in [1.54, 1.807) is 7.98 Å². The third-order valence-corrected chi connectivity index (χ3v) is 4.18. The van der Waals surface area contributed by atoms with Gasteiger partial charge in [0.1, 0.15) is 5.65 Å². The Morgan fingerprint density at radius 3 is 2.60 bits per heavy atom. The van der Waals surface area contributed by atoms with Gasteiger partial charge in [-0.25, -0.2) is 0 Å². The summed E-state index contributed by atoms with van der Waals surface area (Å²) in [6.07, 6.45) is 3.78. The molecule has 0 saturated carbocycles. The van der Waals surface area contributed by atoms with Crippen molar-refractivity contribution in [2.75, 3.05) is 5.73 Å². The summed E-state index contributed by atoms with van der Waals surface area (Å²) < 4.78 is 0. The van der Waals surface area contributed by atoms with E-state index < -0.39 is 0 Å². The van der Waals surface area contributed by atoms with Crippen LogP contribution in [0.25, 0.3) is 11.0 Å². The normalized spacial score (nSPS) is 10.9. The molecule has 2 heterocycles. The number of hydrogen-bond donors (Lipinski definition) is 4. The SMILES string of the molecule is BNC(=O)c1ccc(CCCCc2cc3c(=O)[nH]c(N)nc3[nH]2)cc1. The molecule has 0 aliphatic rings. The highest BCUT2D eigenvalue weighted by molar-refractivity contribution is 6.18. The Kier molecular flexibility index (Phi) is 4.88. The van der Waals surface area contributed by atoms with Crippen LogP contribution in [0.1, 0.15) is 34.5 Å². The molecule has 0 bridgehead atoms. The summed E-state index contributed by atoms with van der Waals surface area (Å²) in [5.74, 6) is 0.0423. The summed E-state index contributed by atoms with van der Waals surface area (Å²) in [4.78, 5) is 33.0. The third kappa shape index (κ3) is 3.91. The predicted molar refractivity (Wildman–Crippen MR) is 100 cm³/mol. The Balaban J connectivity index is 1.54. The Morgan fingerprint density at radius 1 is 1.16 bits per heavy atom. The molecule has 1 amide bonds. The Bertz CT molecular complexity index is 946. The number of nitrogens with two attached hydrogens (primary N) is 1. The second kappa shape index (κ2) is 7.25. The number of H-pyrrole nitrogens is 2. The fraction of sp³-hybridized carbons (Fsp3) is 0.235. The molecular weight excluding hydrogens is 317 g/mol. The van der Waals surface area contributed by atoms with Crippen molar-refractivity contribution in [3.63, 3.8) is 0 Å². The van der Waals surface area contributed by atoms with Gasteiger partial charge in [0.2, 0.25) is 19.8 Å². The molecule has 0 radical (unpaired) electrons. The summed E-state index contributed by atoms with van der Waals surface area (Å²) in [5, 5.41) is 3.15. The van der Waals surface area contributed by atoms with Crippen molar-refractivity contribution < 1.29 is 4.79 Å². The first-order chi connectivity index (χ1) is 12.1. The number of aromatic amines is 2. The number of amides is 1. The number of nitrogen functional groups attached to an aromatic ring is 1. The zero-order valence-corrected chi connectivity index (χ0v) is 14.1. The molecule has 128 valence electrons. The molecule has 2 aromatic heterocycles. The van der Waals surface area contributed by atoms with Gasteiger partial charge in [-0.15, -0.1) is 0 Å². The topological polar surface area (TPSA) is 117 Å². The van der Waals surface area contributed by atoms with Crippen LogP contribution in [0.3, 0.4) is 0 Å². The van der Waals surface area contributed by atoms with Crippen molar-refractivity contribution in [2.45, 2.75) is 25.7 Å². The second-order valence-corrected chi connectivity index (χ2v) is 5.99. The van der Waals surface area contributed by atoms with Crippen molar-refractivity contribution in [3.05, 3.63) is 57.5 Å². The number of anilines is 1. The van der Waals surface area contributed by atoms with Gasteiger partial charge in [0.15, 0.2) is 0 Å². The molecule has 5 N–H and O–H groups in total. The first-order valence-electron chi connectivity index (χ1n) is 8.25. The molecule has 3 aromatic rings. The minimum absolute atomic E-state index is 0.0744. The van der Waals surface area contributed by atoms with Crippen LogP contribution in [-0.4, -0.2) is 28.8 Å². The lowest BCUT2D eigenvalue weighted by Gasteiger charge is -2.04. The van der Waals surface area contributed by atoms with E-state index in [2.05, 4.69) is 20.2 Å². The fourth-order valence-corrected chi connectivity index (χ4v) is 2.84. The van der Waals surface area contributed by atoms with Gasteiger partial charge < -0.3 is 15.9 Å². The van der Waals surface area contributed by atoms with Crippen LogP contribution in [0.5, 0.6) is 0 Å². The number of rotatable bonds is 6. The summed E-state index contributed by atoms with van der Waals surface area (Å²) in [7, 11) is 1.62. The van der Waals surface area contributed by atoms with Crippen molar-refractivity contribution >= 4 is 30.9 Å². The largest absolute Gasteiger partial charge is 0.402 e. The van der Waals surface area contributed by atoms with E-state index in [1.807, 2.05) is 30.3 Å². The number of aryl methyl sites for hydroxylation is 2. The molecule has 8 heteroatoms. The van der Waals surface area contributed by atoms with Gasteiger partial charge in [-0.05, 0) is 49.4 Å². The van der Waals surface area contributed by atoms with Gasteiger partial charge in [0.05, 0.1) is 5.39 Å². The minimum atomic E-state index is -0.221. The molecule has 7 nitrogen and oxygen atoms in total. The Morgan fingerprint density at radius 2 is 1.88 bits per heavy atom. The van der Waals surface area contributed by atoms with E-state index in [9.17, 15) is 9.59 Å². The van der Waals surface area contributed by atoms with Gasteiger partial charge in [-0.3, -0.25) is 14.6 Å². The maximum absolute atomic E-state index is 11.8. The molecule has 25 heavy (non-hydrogen) atoms. The highest BCUT2D eigenvalue weighted by atomic mass is 16.1. The number of nitrogens with zero attached hydrogens (tertiary/aromatic N) is 1. The van der Waals surface area contributed by atoms with Crippen molar-refractivity contribution in [2.24, 2.45) is 0 Å². The molecule has 0 fully saturated rings. The standard InChI is InChI=1S/C17H20BN5O2/c18-23-15(24)11-7-5-10(6-8-11)3-1-2-4-12-9-13-14(20-12)21-17(19)22-16(13)25/h5-9H,1-4,18H2,(H,23,24)(H4,19,20,21,22,25). The summed E-state index contributed by atoms with van der Waals surface area (Å²) in [6.45, 7) is 0. The monoisotopic (exact) mass is 337 g/mol. The molecule has 0 unspecified atom stereocenters. The molecule has 0 atom stereocenters. The van der Waals surface area contributed by atoms with Crippen molar-refractivity contribution in [1.29, 1.82) is 0 Å². The molecule has 0 aliphatic heterocycles. The van der Waals surface area contributed by atoms with E-state index in [0.717, 1.165) is 31.4 Å². The van der Waals surface area contributed by atoms with Crippen LogP contribution in [-0.2, 0) is 12.8 Å². The molecule has 0 spiro atoms. The Labute approximate surface area is 145 Å². The predicted octanol–water partition coefficient (Wildman–Crippen LogP) is 0.677. The lowest BCUT2D eigenvalue weighted by atomic mass is 10.0. The summed E-state index contributed by atoms with van der Waals surface area (Å²) in [5.41, 5.74) is 8.71. The number of benzene rings is 1. The van der Waals surface area contributed by atoms with E-state index in [-0.39, 0.29) is 17.4 Å². The number of hydrogen-bond acceptors (Lipinski definition) is 4. The van der Waals surface area contributed by atoms with Crippen molar-refractivity contribution in [1.82, 2.24) is 20.2 Å². The zero-order chi connectivity index (χ0) is 17.8. The van der Waals surface area contributed by atoms with E-state index in [0.29, 0.717) is 16.6 Å². The number of fused-ring (bicyclic) bond motifs is 1. The summed E-state index contributed by atoms with van der Waals surface area (Å²) in [6, 6.07) is 9.49. The average Bonchev–Trinajstić information content (AvgIpc) is 3.01. The van der Waals surface area contributed by atoms with E-state index in [1.165, 1.54) is 5.56 Å². The van der Waals surface area contributed by atoms with Crippen LogP contribution in [0.2, 0.25) is 0 Å². The highest BCUT2D eigenvalue weighted by Gasteiger charge is 2.07. The summed E-state index contributed by atoms with van der Waals surface area (Å²) >= 11 is 0. The van der Waals surface area contributed by atoms with Crippen molar-refractivity contribution in [3.8, 4) is 0 Å². The maximum atomic E-state index is 11.8. The van der Waals surface area contributed by atoms with E-state index >= 15 is 0 Å². The number of carbonyl (C=O) groups is 1. The number of unbranched alkanes of at least 4 members (excludes halogenated alkanes) is 1. The van der Waals surface area contributed by atoms with Crippen LogP contribution < -0.4 is 16.5 Å². The second-order valence-electron chi connectivity index (χ2n) is 5.99. The van der Waals surface area contributed by atoms with Crippen LogP contribution in [0.4, 0.5) is 5.95 Å². The maximum Gasteiger partial charge on any atom is 0.261 e. The molecule has 0 saturated heterocycles. The van der Waals surface area contributed by atoms with Crippen LogP contribution in [0, 0.1) is 0 Å². The van der Waals surface area contributed by atoms with Gasteiger partial charge in [0, 0.05) is 11.3 Å². The first-order valence-corrected chi connectivity index (χ1v) is 8.25. The molecule has 1 aromatic carbocycles. The Hall–Kier alpha value is -3.03. The average molecular weight is 337 g/mol. The highest BCUT2D eigenvalue weighted by Crippen LogP contribution is 2.13. The van der Waals surface area contributed by atoms with Gasteiger partial charge in [-0.2, -0.15) is 4.98 Å². The fourth-order valence-electron chi connectivity index (χ4n) is 2.84. The van der Waals surface area contributed by atoms with Gasteiger partial charge in [0.25, 0.3) is 5.56 Å². The molecule has 3 rings (SSSR count). The van der Waals surface area contributed by atoms with Gasteiger partial charge in [-0.1, -0.05) is 12.1 Å². The third-order valence-electron chi connectivity index (χ3n) is 4.18. The minimum Gasteiger partial charge on any atom is -0.402 e. The molecule has 0 aliphatic carbocycles. The van der Waals surface area contributed by atoms with Gasteiger partial charge >= 0.3 is 0 Å². The number of nitrogens with one attached hydrogen (secondary N) is 3. The number of carbonyl (C=O) groups excluding carboxylic acids is 1. The zero-order valence-electron chi connectivity index (χ0n) is 14.1. The first kappa shape index (κ1) is 16.8. The lowest BCUT2D eigenvalue weighted by Crippen LogP contribution is -2.19. The number of aromatic nitrogens is 3. The molecular formula is C17H20BN5O2. The van der Waals surface area contributed by atoms with E-state index in [4.69, 9.17) is 5.73 Å². The van der Waals surface area contributed by atoms with Crippen LogP contribution in [0.15, 0.2) is 35.1 Å². The quantitative estimate of drug-likeness (QED) is 0.391. The van der Waals surface area contributed by atoms with Crippen LogP contribution >= 0.6 is 0 Å². The smallest absolute Gasteiger partial charge is 0.261 e.